The molecule has 22 heavy (non-hydrogen) atoms. The number of nitrogens with zero attached hydrogens (tertiary/aromatic N) is 2. The number of rotatable bonds is 5. The van der Waals surface area contributed by atoms with Crippen molar-refractivity contribution in [2.24, 2.45) is 5.14 Å². The first-order chi connectivity index (χ1) is 10.3. The number of halogens is 1. The monoisotopic (exact) mass is 326 g/mol. The Balaban J connectivity index is 2.17. The highest BCUT2D eigenvalue weighted by molar-refractivity contribution is 7.89. The zero-order valence-electron chi connectivity index (χ0n) is 11.8. The summed E-state index contributed by atoms with van der Waals surface area (Å²) in [6, 6.07) is 2.88. The van der Waals surface area contributed by atoms with E-state index < -0.39 is 21.7 Å². The van der Waals surface area contributed by atoms with Crippen molar-refractivity contribution in [1.82, 2.24) is 15.1 Å². The van der Waals surface area contributed by atoms with Gasteiger partial charge >= 0.3 is 0 Å². The molecule has 3 N–H and O–H groups in total. The first-order valence-electron chi connectivity index (χ1n) is 6.34. The van der Waals surface area contributed by atoms with Gasteiger partial charge in [-0.15, -0.1) is 0 Å². The van der Waals surface area contributed by atoms with Gasteiger partial charge < -0.3 is 4.90 Å². The lowest BCUT2D eigenvalue weighted by atomic mass is 10.1. The van der Waals surface area contributed by atoms with E-state index in [4.69, 9.17) is 5.14 Å². The fourth-order valence-corrected chi connectivity index (χ4v) is 2.40. The fraction of sp³-hybridized carbons (Fsp3) is 0.231. The third-order valence-electron chi connectivity index (χ3n) is 3.13. The highest BCUT2D eigenvalue weighted by atomic mass is 32.2. The Kier molecular flexibility index (Phi) is 4.57. The summed E-state index contributed by atoms with van der Waals surface area (Å²) in [6.07, 6.45) is 3.86. The van der Waals surface area contributed by atoms with Gasteiger partial charge in [-0.05, 0) is 30.2 Å². The van der Waals surface area contributed by atoms with Gasteiger partial charge in [-0.3, -0.25) is 9.89 Å². The van der Waals surface area contributed by atoms with E-state index in [1.807, 2.05) is 0 Å². The highest BCUT2D eigenvalue weighted by Gasteiger charge is 2.19. The summed E-state index contributed by atoms with van der Waals surface area (Å²) in [7, 11) is -2.49. The summed E-state index contributed by atoms with van der Waals surface area (Å²) >= 11 is 0. The lowest BCUT2D eigenvalue weighted by molar-refractivity contribution is 0.0791. The molecule has 1 amide bonds. The van der Waals surface area contributed by atoms with E-state index in [0.29, 0.717) is 13.0 Å². The van der Waals surface area contributed by atoms with Gasteiger partial charge in [0.1, 0.15) is 5.82 Å². The molecule has 1 aromatic heterocycles. The van der Waals surface area contributed by atoms with E-state index in [1.165, 1.54) is 11.9 Å². The predicted octanol–water partition coefficient (Wildman–Crippen LogP) is 0.511. The molecular formula is C13H15FN4O3S. The molecule has 2 aromatic rings. The zero-order valence-corrected chi connectivity index (χ0v) is 12.6. The molecule has 0 radical (unpaired) electrons. The second-order valence-corrected chi connectivity index (χ2v) is 6.33. The summed E-state index contributed by atoms with van der Waals surface area (Å²) in [4.78, 5) is 13.2. The van der Waals surface area contributed by atoms with Gasteiger partial charge in [0.25, 0.3) is 5.91 Å². The SMILES string of the molecule is CN(CCc1cn[nH]c1)C(=O)c1cc(S(N)(=O)=O)ccc1F. The van der Waals surface area contributed by atoms with E-state index >= 15 is 0 Å². The molecule has 118 valence electrons. The molecule has 0 atom stereocenters. The maximum atomic E-state index is 13.8. The van der Waals surface area contributed by atoms with Crippen LogP contribution in [-0.4, -0.2) is 43.0 Å². The van der Waals surface area contributed by atoms with Gasteiger partial charge in [-0.1, -0.05) is 0 Å². The quantitative estimate of drug-likeness (QED) is 0.834. The molecule has 7 nitrogen and oxygen atoms in total. The highest BCUT2D eigenvalue weighted by Crippen LogP contribution is 2.16. The van der Waals surface area contributed by atoms with Crippen molar-refractivity contribution in [2.75, 3.05) is 13.6 Å². The maximum Gasteiger partial charge on any atom is 0.256 e. The number of aromatic nitrogens is 2. The number of benzene rings is 1. The summed E-state index contributed by atoms with van der Waals surface area (Å²) in [5, 5.41) is 11.4. The van der Waals surface area contributed by atoms with Crippen LogP contribution in [0.25, 0.3) is 0 Å². The Morgan fingerprint density at radius 2 is 2.18 bits per heavy atom. The van der Waals surface area contributed by atoms with Crippen LogP contribution in [0.15, 0.2) is 35.5 Å². The lowest BCUT2D eigenvalue weighted by Gasteiger charge is -2.17. The molecular weight excluding hydrogens is 311 g/mol. The van der Waals surface area contributed by atoms with Crippen LogP contribution in [0.3, 0.4) is 0 Å². The Labute approximate surface area is 127 Å². The van der Waals surface area contributed by atoms with E-state index in [-0.39, 0.29) is 10.5 Å². The minimum absolute atomic E-state index is 0.305. The van der Waals surface area contributed by atoms with Crippen LogP contribution < -0.4 is 5.14 Å². The molecule has 0 bridgehead atoms. The topological polar surface area (TPSA) is 109 Å². The molecule has 9 heteroatoms. The summed E-state index contributed by atoms with van der Waals surface area (Å²) in [5.74, 6) is -1.42. The normalized spacial score (nSPS) is 11.4. The number of amides is 1. The van der Waals surface area contributed by atoms with Crippen LogP contribution in [0.5, 0.6) is 0 Å². The number of carbonyl (C=O) groups excluding carboxylic acids is 1. The number of primary sulfonamides is 1. The number of aromatic amines is 1. The number of carbonyl (C=O) groups is 1. The Bertz CT molecular complexity index is 775. The molecule has 0 unspecified atom stereocenters. The van der Waals surface area contributed by atoms with Gasteiger partial charge in [-0.2, -0.15) is 5.10 Å². The maximum absolute atomic E-state index is 13.8. The summed E-state index contributed by atoms with van der Waals surface area (Å²) < 4.78 is 36.4. The van der Waals surface area contributed by atoms with Gasteiger partial charge in [-0.25, -0.2) is 17.9 Å². The Hall–Kier alpha value is -2.26. The molecule has 2 rings (SSSR count). The number of nitrogens with one attached hydrogen (secondary N) is 1. The third kappa shape index (κ3) is 3.68. The molecule has 0 aliphatic heterocycles. The molecule has 1 heterocycles. The predicted molar refractivity (Wildman–Crippen MR) is 77.0 cm³/mol. The average Bonchev–Trinajstić information content (AvgIpc) is 2.96. The van der Waals surface area contributed by atoms with E-state index in [2.05, 4.69) is 10.2 Å². The number of hydrogen-bond donors (Lipinski definition) is 2. The molecule has 0 spiro atoms. The molecule has 0 fully saturated rings. The largest absolute Gasteiger partial charge is 0.341 e. The minimum Gasteiger partial charge on any atom is -0.341 e. The number of likely N-dealkylation sites (N-methyl/N-ethyl adjacent to an activating group) is 1. The molecule has 0 saturated heterocycles. The van der Waals surface area contributed by atoms with Gasteiger partial charge in [0.2, 0.25) is 10.0 Å². The molecule has 0 saturated carbocycles. The van der Waals surface area contributed by atoms with E-state index in [0.717, 1.165) is 23.8 Å². The smallest absolute Gasteiger partial charge is 0.256 e. The standard InChI is InChI=1S/C13H15FN4O3S/c1-18(5-4-9-7-16-17-8-9)13(19)11-6-10(22(15,20)21)2-3-12(11)14/h2-3,6-8H,4-5H2,1H3,(H,16,17)(H2,15,20,21). The van der Waals surface area contributed by atoms with Gasteiger partial charge in [0.05, 0.1) is 16.7 Å². The van der Waals surface area contributed by atoms with Crippen molar-refractivity contribution in [1.29, 1.82) is 0 Å². The lowest BCUT2D eigenvalue weighted by Crippen LogP contribution is -2.29. The number of sulfonamides is 1. The van der Waals surface area contributed by atoms with Gasteiger partial charge in [0, 0.05) is 19.8 Å². The number of H-pyrrole nitrogens is 1. The first kappa shape index (κ1) is 16.1. The van der Waals surface area contributed by atoms with E-state index in [9.17, 15) is 17.6 Å². The van der Waals surface area contributed by atoms with E-state index in [1.54, 1.807) is 12.4 Å². The third-order valence-corrected chi connectivity index (χ3v) is 4.05. The van der Waals surface area contributed by atoms with Crippen molar-refractivity contribution >= 4 is 15.9 Å². The fourth-order valence-electron chi connectivity index (χ4n) is 1.86. The summed E-state index contributed by atoms with van der Waals surface area (Å²) in [5.41, 5.74) is 0.569. The van der Waals surface area contributed by atoms with Crippen molar-refractivity contribution < 1.29 is 17.6 Å². The van der Waals surface area contributed by atoms with Crippen LogP contribution in [0.1, 0.15) is 15.9 Å². The molecule has 0 aliphatic rings. The van der Waals surface area contributed by atoms with Crippen LogP contribution >= 0.6 is 0 Å². The Morgan fingerprint density at radius 1 is 1.45 bits per heavy atom. The second-order valence-electron chi connectivity index (χ2n) is 4.77. The minimum atomic E-state index is -4.00. The van der Waals surface area contributed by atoms with Crippen molar-refractivity contribution in [3.8, 4) is 0 Å². The van der Waals surface area contributed by atoms with Crippen molar-refractivity contribution in [3.63, 3.8) is 0 Å². The van der Waals surface area contributed by atoms with Crippen LogP contribution in [0, 0.1) is 5.82 Å². The van der Waals surface area contributed by atoms with Crippen LogP contribution in [0.4, 0.5) is 4.39 Å². The molecule has 1 aromatic carbocycles. The zero-order chi connectivity index (χ0) is 16.3. The van der Waals surface area contributed by atoms with Crippen molar-refractivity contribution in [3.05, 3.63) is 47.5 Å². The van der Waals surface area contributed by atoms with Gasteiger partial charge in [0.15, 0.2) is 0 Å². The number of nitrogens with two attached hydrogens (primary N) is 1. The van der Waals surface area contributed by atoms with Crippen molar-refractivity contribution in [2.45, 2.75) is 11.3 Å². The average molecular weight is 326 g/mol. The van der Waals surface area contributed by atoms with Crippen LogP contribution in [0.2, 0.25) is 0 Å². The Morgan fingerprint density at radius 3 is 2.77 bits per heavy atom. The second kappa shape index (κ2) is 6.24. The number of hydrogen-bond acceptors (Lipinski definition) is 4. The van der Waals surface area contributed by atoms with Crippen LogP contribution in [-0.2, 0) is 16.4 Å². The molecule has 0 aliphatic carbocycles. The summed E-state index contributed by atoms with van der Waals surface area (Å²) in [6.45, 7) is 0.331. The first-order valence-corrected chi connectivity index (χ1v) is 7.89.